The van der Waals surface area contributed by atoms with Gasteiger partial charge in [0.25, 0.3) is 0 Å². The van der Waals surface area contributed by atoms with E-state index in [1.165, 1.54) is 7.11 Å². The zero-order valence-corrected chi connectivity index (χ0v) is 8.11. The summed E-state index contributed by atoms with van der Waals surface area (Å²) < 4.78 is 9.52. The second kappa shape index (κ2) is 4.73. The number of amides is 1. The van der Waals surface area contributed by atoms with Crippen molar-refractivity contribution in [2.24, 2.45) is 5.73 Å². The normalized spacial score (nSPS) is 12.5. The van der Waals surface area contributed by atoms with E-state index in [1.54, 1.807) is 13.0 Å². The number of carbonyl (C=O) groups is 1. The van der Waals surface area contributed by atoms with Crippen LogP contribution in [0.15, 0.2) is 10.6 Å². The maximum Gasteiger partial charge on any atom is 0.246 e. The quantitative estimate of drug-likeness (QED) is 0.706. The van der Waals surface area contributed by atoms with E-state index in [-0.39, 0.29) is 12.5 Å². The third kappa shape index (κ3) is 2.82. The van der Waals surface area contributed by atoms with Gasteiger partial charge < -0.3 is 15.0 Å². The summed E-state index contributed by atoms with van der Waals surface area (Å²) in [7, 11) is 1.48. The summed E-state index contributed by atoms with van der Waals surface area (Å²) in [5.74, 6) is -0.0675. The van der Waals surface area contributed by atoms with E-state index in [4.69, 9.17) is 15.0 Å². The molecule has 6 heteroatoms. The number of carbonyl (C=O) groups excluding carboxylic acids is 1. The van der Waals surface area contributed by atoms with Gasteiger partial charge in [-0.15, -0.1) is 0 Å². The molecule has 0 aliphatic carbocycles. The van der Waals surface area contributed by atoms with Crippen molar-refractivity contribution in [1.29, 1.82) is 0 Å². The molecule has 1 amide bonds. The molecular weight excluding hydrogens is 186 g/mol. The summed E-state index contributed by atoms with van der Waals surface area (Å²) in [6.07, 6.45) is 0. The molecule has 78 valence electrons. The molecule has 0 aliphatic heterocycles. The Hall–Kier alpha value is -1.40. The van der Waals surface area contributed by atoms with Crippen molar-refractivity contribution in [2.75, 3.05) is 19.0 Å². The van der Waals surface area contributed by atoms with Gasteiger partial charge in [-0.3, -0.25) is 10.1 Å². The first-order valence-corrected chi connectivity index (χ1v) is 4.12. The highest BCUT2D eigenvalue weighted by Gasteiger charge is 2.14. The number of aryl methyl sites for hydroxylation is 1. The summed E-state index contributed by atoms with van der Waals surface area (Å²) in [5, 5.41) is 6.09. The summed E-state index contributed by atoms with van der Waals surface area (Å²) in [5.41, 5.74) is 6.18. The van der Waals surface area contributed by atoms with Gasteiger partial charge in [-0.25, -0.2) is 0 Å². The van der Waals surface area contributed by atoms with Crippen molar-refractivity contribution in [3.63, 3.8) is 0 Å². The summed E-state index contributed by atoms with van der Waals surface area (Å²) >= 11 is 0. The van der Waals surface area contributed by atoms with Crippen LogP contribution in [0.2, 0.25) is 0 Å². The SMILES string of the molecule is COCC(N)C(=O)Nc1cc(C)no1. The first kappa shape index (κ1) is 10.7. The number of nitrogens with one attached hydrogen (secondary N) is 1. The highest BCUT2D eigenvalue weighted by atomic mass is 16.5. The lowest BCUT2D eigenvalue weighted by Gasteiger charge is -2.08. The minimum Gasteiger partial charge on any atom is -0.383 e. The molecule has 1 aromatic heterocycles. The van der Waals surface area contributed by atoms with Gasteiger partial charge >= 0.3 is 0 Å². The maximum absolute atomic E-state index is 11.3. The predicted molar refractivity (Wildman–Crippen MR) is 49.7 cm³/mol. The molecule has 14 heavy (non-hydrogen) atoms. The van der Waals surface area contributed by atoms with Crippen LogP contribution < -0.4 is 11.1 Å². The molecule has 0 saturated heterocycles. The van der Waals surface area contributed by atoms with Gasteiger partial charge in [0.15, 0.2) is 0 Å². The number of hydrogen-bond acceptors (Lipinski definition) is 5. The van der Waals surface area contributed by atoms with Crippen LogP contribution in [0, 0.1) is 6.92 Å². The van der Waals surface area contributed by atoms with Gasteiger partial charge in [0, 0.05) is 13.2 Å². The van der Waals surface area contributed by atoms with Crippen molar-refractivity contribution >= 4 is 11.8 Å². The molecule has 0 spiro atoms. The van der Waals surface area contributed by atoms with Gasteiger partial charge in [-0.05, 0) is 6.92 Å². The van der Waals surface area contributed by atoms with Crippen LogP contribution in [-0.4, -0.2) is 30.8 Å². The number of anilines is 1. The van der Waals surface area contributed by atoms with E-state index < -0.39 is 6.04 Å². The smallest absolute Gasteiger partial charge is 0.246 e. The topological polar surface area (TPSA) is 90.4 Å². The molecule has 0 aliphatic rings. The van der Waals surface area contributed by atoms with Crippen LogP contribution in [-0.2, 0) is 9.53 Å². The molecule has 0 bridgehead atoms. The molecule has 1 aromatic rings. The van der Waals surface area contributed by atoms with Crippen LogP contribution in [0.4, 0.5) is 5.88 Å². The zero-order chi connectivity index (χ0) is 10.6. The summed E-state index contributed by atoms with van der Waals surface area (Å²) in [6.45, 7) is 1.92. The molecule has 1 rings (SSSR count). The molecule has 0 fully saturated rings. The molecule has 0 saturated carbocycles. The fourth-order valence-electron chi connectivity index (χ4n) is 0.892. The van der Waals surface area contributed by atoms with Crippen molar-refractivity contribution < 1.29 is 14.1 Å². The number of rotatable bonds is 4. The molecule has 1 heterocycles. The number of aromatic nitrogens is 1. The fraction of sp³-hybridized carbons (Fsp3) is 0.500. The third-order valence-corrected chi connectivity index (χ3v) is 1.56. The van der Waals surface area contributed by atoms with E-state index in [1.807, 2.05) is 0 Å². The number of methoxy groups -OCH3 is 1. The van der Waals surface area contributed by atoms with Crippen LogP contribution in [0.5, 0.6) is 0 Å². The Morgan fingerprint density at radius 2 is 2.57 bits per heavy atom. The van der Waals surface area contributed by atoms with Crippen LogP contribution in [0.3, 0.4) is 0 Å². The zero-order valence-electron chi connectivity index (χ0n) is 8.11. The van der Waals surface area contributed by atoms with Crippen molar-refractivity contribution in [1.82, 2.24) is 5.16 Å². The van der Waals surface area contributed by atoms with E-state index in [0.717, 1.165) is 0 Å². The maximum atomic E-state index is 11.3. The van der Waals surface area contributed by atoms with Crippen molar-refractivity contribution in [3.05, 3.63) is 11.8 Å². The Kier molecular flexibility index (Phi) is 3.61. The monoisotopic (exact) mass is 199 g/mol. The highest BCUT2D eigenvalue weighted by Crippen LogP contribution is 2.08. The van der Waals surface area contributed by atoms with Gasteiger partial charge in [-0.2, -0.15) is 0 Å². The van der Waals surface area contributed by atoms with Gasteiger partial charge in [-0.1, -0.05) is 5.16 Å². The molecule has 1 atom stereocenters. The first-order chi connectivity index (χ1) is 6.63. The van der Waals surface area contributed by atoms with Crippen LogP contribution >= 0.6 is 0 Å². The molecule has 3 N–H and O–H groups in total. The highest BCUT2D eigenvalue weighted by molar-refractivity contribution is 5.93. The van der Waals surface area contributed by atoms with E-state index in [2.05, 4.69) is 10.5 Å². The van der Waals surface area contributed by atoms with Gasteiger partial charge in [0.05, 0.1) is 12.3 Å². The largest absolute Gasteiger partial charge is 0.383 e. The Bertz CT molecular complexity index is 311. The second-order valence-electron chi connectivity index (χ2n) is 2.88. The van der Waals surface area contributed by atoms with E-state index in [0.29, 0.717) is 11.6 Å². The predicted octanol–water partition coefficient (Wildman–Crippen LogP) is -0.105. The first-order valence-electron chi connectivity index (χ1n) is 4.12. The number of hydrogen-bond donors (Lipinski definition) is 2. The minimum absolute atomic E-state index is 0.166. The Balaban J connectivity index is 2.48. The fourth-order valence-corrected chi connectivity index (χ4v) is 0.892. The number of nitrogens with two attached hydrogens (primary N) is 1. The third-order valence-electron chi connectivity index (χ3n) is 1.56. The van der Waals surface area contributed by atoms with E-state index >= 15 is 0 Å². The standard InChI is InChI=1S/C8H13N3O3/c1-5-3-7(14-11-5)10-8(12)6(9)4-13-2/h3,6H,4,9H2,1-2H3,(H,10,12). The second-order valence-corrected chi connectivity index (χ2v) is 2.88. The Morgan fingerprint density at radius 1 is 1.86 bits per heavy atom. The van der Waals surface area contributed by atoms with Crippen molar-refractivity contribution in [2.45, 2.75) is 13.0 Å². The van der Waals surface area contributed by atoms with Crippen LogP contribution in [0.25, 0.3) is 0 Å². The summed E-state index contributed by atoms with van der Waals surface area (Å²) in [6, 6.07) is 0.905. The molecule has 6 nitrogen and oxygen atoms in total. The van der Waals surface area contributed by atoms with Crippen molar-refractivity contribution in [3.8, 4) is 0 Å². The lowest BCUT2D eigenvalue weighted by atomic mass is 10.3. The Morgan fingerprint density at radius 3 is 3.07 bits per heavy atom. The molecule has 0 aromatic carbocycles. The van der Waals surface area contributed by atoms with Crippen LogP contribution in [0.1, 0.15) is 5.69 Å². The lowest BCUT2D eigenvalue weighted by molar-refractivity contribution is -0.118. The minimum atomic E-state index is -0.703. The molecule has 0 radical (unpaired) electrons. The molecular formula is C8H13N3O3. The number of ether oxygens (including phenoxy) is 1. The average Bonchev–Trinajstić information content (AvgIpc) is 2.51. The lowest BCUT2D eigenvalue weighted by Crippen LogP contribution is -2.39. The van der Waals surface area contributed by atoms with E-state index in [9.17, 15) is 4.79 Å². The Labute approximate surface area is 81.4 Å². The average molecular weight is 199 g/mol. The number of nitrogens with zero attached hydrogens (tertiary/aromatic N) is 1. The molecule has 1 unspecified atom stereocenters. The van der Waals surface area contributed by atoms with Gasteiger partial charge in [0.2, 0.25) is 11.8 Å². The summed E-state index contributed by atoms with van der Waals surface area (Å²) in [4.78, 5) is 11.3. The van der Waals surface area contributed by atoms with Gasteiger partial charge in [0.1, 0.15) is 6.04 Å².